The Bertz CT molecular complexity index is 562. The van der Waals surface area contributed by atoms with Crippen LogP contribution in [0.25, 0.3) is 0 Å². The number of carbonyl (C=O) groups excluding carboxylic acids is 1. The van der Waals surface area contributed by atoms with Gasteiger partial charge in [-0.25, -0.2) is 4.98 Å². The summed E-state index contributed by atoms with van der Waals surface area (Å²) in [6, 6.07) is 7.33. The molecule has 94 valence electrons. The lowest BCUT2D eigenvalue weighted by Crippen LogP contribution is -2.27. The fourth-order valence-corrected chi connectivity index (χ4v) is 1.78. The second-order valence-corrected chi connectivity index (χ2v) is 4.25. The molecular weight excluding hydrogens is 228 g/mol. The Morgan fingerprint density at radius 1 is 1.44 bits per heavy atom. The van der Waals surface area contributed by atoms with Crippen molar-refractivity contribution in [1.29, 1.82) is 0 Å². The number of anilines is 1. The molecule has 2 rings (SSSR count). The SMILES string of the molecule is CC(NC(=O)c1cn(C)cn1)c1ccccc1N. The molecule has 2 aromatic rings. The van der Waals surface area contributed by atoms with Gasteiger partial charge in [0.1, 0.15) is 5.69 Å². The predicted molar refractivity (Wildman–Crippen MR) is 69.9 cm³/mol. The van der Waals surface area contributed by atoms with E-state index < -0.39 is 0 Å². The molecule has 1 aromatic heterocycles. The number of nitrogens with one attached hydrogen (secondary N) is 1. The third-order valence-corrected chi connectivity index (χ3v) is 2.75. The van der Waals surface area contributed by atoms with Crippen molar-refractivity contribution in [2.45, 2.75) is 13.0 Å². The summed E-state index contributed by atoms with van der Waals surface area (Å²) in [6.07, 6.45) is 3.27. The Labute approximate surface area is 106 Å². The minimum atomic E-state index is -0.202. The van der Waals surface area contributed by atoms with Crippen LogP contribution in [0.3, 0.4) is 0 Å². The average Bonchev–Trinajstić information content (AvgIpc) is 2.76. The average molecular weight is 244 g/mol. The first kappa shape index (κ1) is 12.2. The third kappa shape index (κ3) is 2.51. The molecule has 5 heteroatoms. The van der Waals surface area contributed by atoms with Crippen LogP contribution in [0.5, 0.6) is 0 Å². The van der Waals surface area contributed by atoms with Gasteiger partial charge in [0.15, 0.2) is 0 Å². The molecule has 0 radical (unpaired) electrons. The quantitative estimate of drug-likeness (QED) is 0.803. The van der Waals surface area contributed by atoms with Crippen LogP contribution >= 0.6 is 0 Å². The zero-order chi connectivity index (χ0) is 13.1. The van der Waals surface area contributed by atoms with Gasteiger partial charge in [-0.2, -0.15) is 0 Å². The highest BCUT2D eigenvalue weighted by atomic mass is 16.1. The first-order valence-corrected chi connectivity index (χ1v) is 5.71. The van der Waals surface area contributed by atoms with E-state index >= 15 is 0 Å². The molecule has 0 saturated carbocycles. The minimum Gasteiger partial charge on any atom is -0.398 e. The summed E-state index contributed by atoms with van der Waals surface area (Å²) in [5.41, 5.74) is 7.85. The number of nitrogen functional groups attached to an aromatic ring is 1. The van der Waals surface area contributed by atoms with Crippen molar-refractivity contribution >= 4 is 11.6 Å². The van der Waals surface area contributed by atoms with Gasteiger partial charge in [-0.05, 0) is 18.6 Å². The molecule has 0 fully saturated rings. The zero-order valence-corrected chi connectivity index (χ0v) is 10.4. The zero-order valence-electron chi connectivity index (χ0n) is 10.4. The van der Waals surface area contributed by atoms with Crippen LogP contribution in [0, 0.1) is 0 Å². The van der Waals surface area contributed by atoms with Crippen molar-refractivity contribution in [3.63, 3.8) is 0 Å². The standard InChI is InChI=1S/C13H16N4O/c1-9(10-5-3-4-6-11(10)14)16-13(18)12-7-17(2)8-15-12/h3-9H,14H2,1-2H3,(H,16,18). The van der Waals surface area contributed by atoms with Crippen LogP contribution in [0.1, 0.15) is 29.0 Å². The van der Waals surface area contributed by atoms with E-state index in [2.05, 4.69) is 10.3 Å². The molecule has 0 saturated heterocycles. The lowest BCUT2D eigenvalue weighted by atomic mass is 10.1. The molecule has 0 aliphatic heterocycles. The molecule has 0 aliphatic rings. The van der Waals surface area contributed by atoms with E-state index in [9.17, 15) is 4.79 Å². The monoisotopic (exact) mass is 244 g/mol. The van der Waals surface area contributed by atoms with Gasteiger partial charge in [-0.15, -0.1) is 0 Å². The van der Waals surface area contributed by atoms with Crippen LogP contribution in [0.4, 0.5) is 5.69 Å². The first-order chi connectivity index (χ1) is 8.58. The molecule has 18 heavy (non-hydrogen) atoms. The van der Waals surface area contributed by atoms with Crippen molar-refractivity contribution in [3.05, 3.63) is 48.0 Å². The number of imidazole rings is 1. The second-order valence-electron chi connectivity index (χ2n) is 4.25. The molecule has 1 amide bonds. The summed E-state index contributed by atoms with van der Waals surface area (Å²) in [7, 11) is 1.82. The number of para-hydroxylation sites is 1. The number of nitrogens with zero attached hydrogens (tertiary/aromatic N) is 2. The Morgan fingerprint density at radius 3 is 2.78 bits per heavy atom. The molecule has 1 atom stereocenters. The largest absolute Gasteiger partial charge is 0.398 e. The predicted octanol–water partition coefficient (Wildman–Crippen LogP) is 1.49. The van der Waals surface area contributed by atoms with E-state index in [1.807, 2.05) is 38.2 Å². The van der Waals surface area contributed by atoms with Gasteiger partial charge in [0, 0.05) is 18.9 Å². The van der Waals surface area contributed by atoms with Crippen molar-refractivity contribution in [2.75, 3.05) is 5.73 Å². The summed E-state index contributed by atoms with van der Waals surface area (Å²) in [5, 5.41) is 2.87. The number of aromatic nitrogens is 2. The van der Waals surface area contributed by atoms with Crippen molar-refractivity contribution in [3.8, 4) is 0 Å². The number of nitrogens with two attached hydrogens (primary N) is 1. The number of amides is 1. The summed E-state index contributed by atoms with van der Waals surface area (Å²) < 4.78 is 1.73. The van der Waals surface area contributed by atoms with E-state index in [0.717, 1.165) is 5.56 Å². The molecule has 0 spiro atoms. The van der Waals surface area contributed by atoms with Crippen molar-refractivity contribution < 1.29 is 4.79 Å². The van der Waals surface area contributed by atoms with Gasteiger partial charge in [-0.1, -0.05) is 18.2 Å². The summed E-state index contributed by atoms with van der Waals surface area (Å²) >= 11 is 0. The van der Waals surface area contributed by atoms with E-state index in [1.165, 1.54) is 0 Å². The molecule has 1 heterocycles. The molecule has 1 unspecified atom stereocenters. The fraction of sp³-hybridized carbons (Fsp3) is 0.231. The highest BCUT2D eigenvalue weighted by Crippen LogP contribution is 2.19. The van der Waals surface area contributed by atoms with Gasteiger partial charge in [-0.3, -0.25) is 4.79 Å². The molecular formula is C13H16N4O. The van der Waals surface area contributed by atoms with E-state index in [4.69, 9.17) is 5.73 Å². The topological polar surface area (TPSA) is 72.9 Å². The van der Waals surface area contributed by atoms with Crippen LogP contribution in [0.2, 0.25) is 0 Å². The molecule has 1 aromatic carbocycles. The number of carbonyl (C=O) groups is 1. The molecule has 0 bridgehead atoms. The van der Waals surface area contributed by atoms with E-state index in [-0.39, 0.29) is 11.9 Å². The van der Waals surface area contributed by atoms with E-state index in [0.29, 0.717) is 11.4 Å². The Kier molecular flexibility index (Phi) is 3.32. The second kappa shape index (κ2) is 4.91. The summed E-state index contributed by atoms with van der Waals surface area (Å²) in [5.74, 6) is -0.202. The molecule has 3 N–H and O–H groups in total. The number of hydrogen-bond acceptors (Lipinski definition) is 3. The Morgan fingerprint density at radius 2 is 2.17 bits per heavy atom. The van der Waals surface area contributed by atoms with Gasteiger partial charge >= 0.3 is 0 Å². The lowest BCUT2D eigenvalue weighted by Gasteiger charge is -2.15. The molecule has 0 aliphatic carbocycles. The maximum Gasteiger partial charge on any atom is 0.271 e. The normalized spacial score (nSPS) is 12.1. The minimum absolute atomic E-state index is 0.152. The van der Waals surface area contributed by atoms with Crippen LogP contribution in [-0.2, 0) is 7.05 Å². The van der Waals surface area contributed by atoms with Gasteiger partial charge in [0.25, 0.3) is 5.91 Å². The first-order valence-electron chi connectivity index (χ1n) is 5.71. The number of hydrogen-bond donors (Lipinski definition) is 2. The lowest BCUT2D eigenvalue weighted by molar-refractivity contribution is 0.0935. The number of aryl methyl sites for hydroxylation is 1. The third-order valence-electron chi connectivity index (χ3n) is 2.75. The molecule has 5 nitrogen and oxygen atoms in total. The summed E-state index contributed by atoms with van der Waals surface area (Å²) in [4.78, 5) is 15.9. The highest BCUT2D eigenvalue weighted by molar-refractivity contribution is 5.92. The van der Waals surface area contributed by atoms with Crippen molar-refractivity contribution in [2.24, 2.45) is 7.05 Å². The summed E-state index contributed by atoms with van der Waals surface area (Å²) in [6.45, 7) is 1.90. The van der Waals surface area contributed by atoms with Crippen LogP contribution in [-0.4, -0.2) is 15.5 Å². The maximum absolute atomic E-state index is 11.9. The fourth-order valence-electron chi connectivity index (χ4n) is 1.78. The Balaban J connectivity index is 2.10. The smallest absolute Gasteiger partial charge is 0.271 e. The van der Waals surface area contributed by atoms with Crippen LogP contribution in [0.15, 0.2) is 36.8 Å². The number of rotatable bonds is 3. The highest BCUT2D eigenvalue weighted by Gasteiger charge is 2.14. The maximum atomic E-state index is 11.9. The number of benzene rings is 1. The van der Waals surface area contributed by atoms with Gasteiger partial charge in [0.05, 0.1) is 12.4 Å². The van der Waals surface area contributed by atoms with Crippen molar-refractivity contribution in [1.82, 2.24) is 14.9 Å². The van der Waals surface area contributed by atoms with Crippen LogP contribution < -0.4 is 11.1 Å². The Hall–Kier alpha value is -2.30. The van der Waals surface area contributed by atoms with Gasteiger partial charge in [0.2, 0.25) is 0 Å². The van der Waals surface area contributed by atoms with E-state index in [1.54, 1.807) is 17.1 Å². The van der Waals surface area contributed by atoms with Gasteiger partial charge < -0.3 is 15.6 Å².